The van der Waals surface area contributed by atoms with Crippen LogP contribution in [-0.2, 0) is 4.79 Å². The summed E-state index contributed by atoms with van der Waals surface area (Å²) in [6.07, 6.45) is 4.18. The molecule has 0 heterocycles. The second kappa shape index (κ2) is 5.83. The van der Waals surface area contributed by atoms with E-state index in [2.05, 4.69) is 4.99 Å². The lowest BCUT2D eigenvalue weighted by Gasteiger charge is -1.94. The van der Waals surface area contributed by atoms with Gasteiger partial charge >= 0.3 is 0 Å². The van der Waals surface area contributed by atoms with Crippen molar-refractivity contribution in [1.29, 1.82) is 0 Å². The highest BCUT2D eigenvalue weighted by Crippen LogP contribution is 1.98. The van der Waals surface area contributed by atoms with Gasteiger partial charge in [-0.1, -0.05) is 6.08 Å². The average Bonchev–Trinajstić information content (AvgIpc) is 1.97. The molecule has 0 aliphatic rings. The van der Waals surface area contributed by atoms with Gasteiger partial charge in [-0.3, -0.25) is 9.79 Å². The zero-order valence-electron chi connectivity index (χ0n) is 7.42. The minimum atomic E-state index is 0.181. The number of Topliss-reactive ketones (excluding diaryl/α,β-unsaturated/α-hetero) is 1. The first-order valence-electron chi connectivity index (χ1n) is 3.85. The van der Waals surface area contributed by atoms with E-state index in [1.54, 1.807) is 13.1 Å². The van der Waals surface area contributed by atoms with E-state index in [0.717, 1.165) is 12.1 Å². The molecule has 0 spiro atoms. The Labute approximate surface area is 68.0 Å². The highest BCUT2D eigenvalue weighted by molar-refractivity contribution is 5.89. The summed E-state index contributed by atoms with van der Waals surface area (Å²) in [7, 11) is 0. The summed E-state index contributed by atoms with van der Waals surface area (Å²) >= 11 is 0. The molecule has 0 radical (unpaired) electrons. The van der Waals surface area contributed by atoms with E-state index in [0.29, 0.717) is 6.42 Å². The van der Waals surface area contributed by atoms with Crippen LogP contribution < -0.4 is 0 Å². The molecular formula is C9H15NO. The molecule has 11 heavy (non-hydrogen) atoms. The summed E-state index contributed by atoms with van der Waals surface area (Å²) in [5.41, 5.74) is 0.999. The Kier molecular flexibility index (Phi) is 5.35. The highest BCUT2D eigenvalue weighted by Gasteiger charge is 1.95. The second-order valence-corrected chi connectivity index (χ2v) is 2.37. The molecule has 2 nitrogen and oxygen atoms in total. The summed E-state index contributed by atoms with van der Waals surface area (Å²) in [4.78, 5) is 14.7. The van der Waals surface area contributed by atoms with Crippen molar-refractivity contribution in [2.24, 2.45) is 4.99 Å². The molecule has 2 heteroatoms. The van der Waals surface area contributed by atoms with Crippen molar-refractivity contribution in [3.8, 4) is 0 Å². The van der Waals surface area contributed by atoms with Gasteiger partial charge in [-0.05, 0) is 26.3 Å². The summed E-state index contributed by atoms with van der Waals surface area (Å²) in [6, 6.07) is 0. The van der Waals surface area contributed by atoms with Gasteiger partial charge in [0, 0.05) is 19.2 Å². The number of nitrogens with zero attached hydrogens (tertiary/aromatic N) is 1. The number of carbonyl (C=O) groups is 1. The van der Waals surface area contributed by atoms with Gasteiger partial charge in [0.1, 0.15) is 5.78 Å². The Hall–Kier alpha value is -0.920. The van der Waals surface area contributed by atoms with Crippen LogP contribution in [0.5, 0.6) is 0 Å². The van der Waals surface area contributed by atoms with E-state index >= 15 is 0 Å². The van der Waals surface area contributed by atoms with Gasteiger partial charge in [0.2, 0.25) is 0 Å². The van der Waals surface area contributed by atoms with Crippen LogP contribution in [0, 0.1) is 0 Å². The molecule has 0 unspecified atom stereocenters. The number of hydrogen-bond acceptors (Lipinski definition) is 2. The van der Waals surface area contributed by atoms with E-state index in [9.17, 15) is 4.79 Å². The number of carbonyl (C=O) groups excluding carboxylic acids is 1. The molecule has 0 rings (SSSR count). The Bertz CT molecular complexity index is 180. The lowest BCUT2D eigenvalue weighted by molar-refractivity contribution is -0.116. The van der Waals surface area contributed by atoms with Crippen LogP contribution in [-0.4, -0.2) is 18.5 Å². The molecule has 0 aliphatic heterocycles. The Morgan fingerprint density at radius 2 is 2.18 bits per heavy atom. The van der Waals surface area contributed by atoms with Crippen molar-refractivity contribution in [2.45, 2.75) is 27.2 Å². The van der Waals surface area contributed by atoms with Gasteiger partial charge < -0.3 is 0 Å². The maximum Gasteiger partial charge on any atom is 0.134 e. The van der Waals surface area contributed by atoms with Gasteiger partial charge in [-0.15, -0.1) is 0 Å². The minimum Gasteiger partial charge on any atom is -0.300 e. The molecular weight excluding hydrogens is 138 g/mol. The standard InChI is InChI=1S/C9H15NO/c1-4-9(6-8(3)11)7-10-5-2/h4,7H,5-6H2,1-3H3/b9-4-,10-7?. The van der Waals surface area contributed by atoms with Gasteiger partial charge in [-0.25, -0.2) is 0 Å². The predicted octanol–water partition coefficient (Wildman–Crippen LogP) is 2.00. The van der Waals surface area contributed by atoms with Gasteiger partial charge in [-0.2, -0.15) is 0 Å². The first-order valence-corrected chi connectivity index (χ1v) is 3.85. The number of allylic oxidation sites excluding steroid dienone is 2. The van der Waals surface area contributed by atoms with Crippen LogP contribution in [0.15, 0.2) is 16.6 Å². The lowest BCUT2D eigenvalue weighted by atomic mass is 10.1. The quantitative estimate of drug-likeness (QED) is 0.568. The highest BCUT2D eigenvalue weighted by atomic mass is 16.1. The average molecular weight is 153 g/mol. The molecule has 0 aliphatic carbocycles. The largest absolute Gasteiger partial charge is 0.300 e. The molecule has 0 saturated heterocycles. The third-order valence-electron chi connectivity index (χ3n) is 1.26. The maximum absolute atomic E-state index is 10.7. The van der Waals surface area contributed by atoms with Crippen molar-refractivity contribution < 1.29 is 4.79 Å². The van der Waals surface area contributed by atoms with E-state index in [-0.39, 0.29) is 5.78 Å². The van der Waals surface area contributed by atoms with E-state index in [1.165, 1.54) is 0 Å². The number of ketones is 1. The first kappa shape index (κ1) is 10.1. The Balaban J connectivity index is 3.98. The summed E-state index contributed by atoms with van der Waals surface area (Å²) < 4.78 is 0. The number of aliphatic imine (C=N–C) groups is 1. The molecule has 62 valence electrons. The number of rotatable bonds is 4. The van der Waals surface area contributed by atoms with Crippen molar-refractivity contribution in [2.75, 3.05) is 6.54 Å². The zero-order chi connectivity index (χ0) is 8.69. The van der Waals surface area contributed by atoms with Gasteiger partial charge in [0.05, 0.1) is 0 Å². The molecule has 0 amide bonds. The van der Waals surface area contributed by atoms with Crippen molar-refractivity contribution in [3.05, 3.63) is 11.6 Å². The summed E-state index contributed by atoms with van der Waals surface area (Å²) in [5.74, 6) is 0.181. The lowest BCUT2D eigenvalue weighted by Crippen LogP contribution is -1.94. The van der Waals surface area contributed by atoms with Crippen LogP contribution >= 0.6 is 0 Å². The fourth-order valence-corrected chi connectivity index (χ4v) is 0.718. The minimum absolute atomic E-state index is 0.181. The SMILES string of the molecule is C/C=C(\C=NCC)CC(C)=O. The van der Waals surface area contributed by atoms with Crippen LogP contribution in [0.3, 0.4) is 0 Å². The van der Waals surface area contributed by atoms with Gasteiger partial charge in [0.15, 0.2) is 0 Å². The molecule has 0 fully saturated rings. The molecule has 0 atom stereocenters. The van der Waals surface area contributed by atoms with Crippen LogP contribution in [0.1, 0.15) is 27.2 Å². The normalized spacial score (nSPS) is 12.5. The summed E-state index contributed by atoms with van der Waals surface area (Å²) in [6.45, 7) is 6.25. The third kappa shape index (κ3) is 5.52. The monoisotopic (exact) mass is 153 g/mol. The maximum atomic E-state index is 10.7. The van der Waals surface area contributed by atoms with E-state index in [4.69, 9.17) is 0 Å². The smallest absolute Gasteiger partial charge is 0.134 e. The Morgan fingerprint density at radius 1 is 1.55 bits per heavy atom. The first-order chi connectivity index (χ1) is 5.20. The van der Waals surface area contributed by atoms with Crippen molar-refractivity contribution in [1.82, 2.24) is 0 Å². The fraction of sp³-hybridized carbons (Fsp3) is 0.556. The predicted molar refractivity (Wildman–Crippen MR) is 48.1 cm³/mol. The topological polar surface area (TPSA) is 29.4 Å². The Morgan fingerprint density at radius 3 is 2.55 bits per heavy atom. The van der Waals surface area contributed by atoms with Gasteiger partial charge in [0.25, 0.3) is 0 Å². The van der Waals surface area contributed by atoms with Crippen LogP contribution in [0.4, 0.5) is 0 Å². The van der Waals surface area contributed by atoms with E-state index < -0.39 is 0 Å². The molecule has 0 bridgehead atoms. The van der Waals surface area contributed by atoms with Crippen LogP contribution in [0.25, 0.3) is 0 Å². The molecule has 0 saturated carbocycles. The van der Waals surface area contributed by atoms with E-state index in [1.807, 2.05) is 19.9 Å². The van der Waals surface area contributed by atoms with Crippen molar-refractivity contribution >= 4 is 12.0 Å². The number of hydrogen-bond donors (Lipinski definition) is 0. The summed E-state index contributed by atoms with van der Waals surface area (Å²) in [5, 5.41) is 0. The molecule has 0 aromatic rings. The molecule has 0 aromatic carbocycles. The molecule has 0 N–H and O–H groups in total. The van der Waals surface area contributed by atoms with Crippen molar-refractivity contribution in [3.63, 3.8) is 0 Å². The second-order valence-electron chi connectivity index (χ2n) is 2.37. The third-order valence-corrected chi connectivity index (χ3v) is 1.26. The molecule has 0 aromatic heterocycles. The fourth-order valence-electron chi connectivity index (χ4n) is 0.718. The van der Waals surface area contributed by atoms with Crippen LogP contribution in [0.2, 0.25) is 0 Å². The zero-order valence-corrected chi connectivity index (χ0v) is 7.42.